The minimum Gasteiger partial charge on any atom is -0.342 e. The average molecular weight is 351 g/mol. The fourth-order valence-electron chi connectivity index (χ4n) is 3.91. The molecule has 134 valence electrons. The van der Waals surface area contributed by atoms with Gasteiger partial charge in [0.15, 0.2) is 5.65 Å². The number of hydrogen-bond donors (Lipinski definition) is 1. The van der Waals surface area contributed by atoms with Crippen LogP contribution < -0.4 is 10.6 Å². The molecule has 1 aliphatic heterocycles. The first-order chi connectivity index (χ1) is 12.7. The lowest BCUT2D eigenvalue weighted by Gasteiger charge is -2.15. The van der Waals surface area contributed by atoms with Crippen LogP contribution in [0.1, 0.15) is 42.8 Å². The maximum atomic E-state index is 12.5. The molecule has 0 radical (unpaired) electrons. The number of aromatic amines is 1. The maximum Gasteiger partial charge on any atom is 0.350 e. The highest BCUT2D eigenvalue weighted by Crippen LogP contribution is 2.25. The highest BCUT2D eigenvalue weighted by atomic mass is 16.1. The van der Waals surface area contributed by atoms with Crippen LogP contribution in [0.25, 0.3) is 17.0 Å². The Labute approximate surface area is 150 Å². The molecule has 2 aliphatic rings. The summed E-state index contributed by atoms with van der Waals surface area (Å²) in [5, 5.41) is 4.45. The van der Waals surface area contributed by atoms with Crippen molar-refractivity contribution in [2.75, 3.05) is 18.0 Å². The SMILES string of the molecule is Cc1nc2c(nc1-c1cc3nc(N4CCCC4)[nH]c(=O)n3n1)CCCC2. The van der Waals surface area contributed by atoms with E-state index in [1.54, 1.807) is 0 Å². The lowest BCUT2D eigenvalue weighted by atomic mass is 10.00. The van der Waals surface area contributed by atoms with E-state index < -0.39 is 0 Å². The Morgan fingerprint density at radius 3 is 2.50 bits per heavy atom. The highest BCUT2D eigenvalue weighted by molar-refractivity contribution is 5.63. The van der Waals surface area contributed by atoms with E-state index in [9.17, 15) is 4.79 Å². The number of H-pyrrole nitrogens is 1. The van der Waals surface area contributed by atoms with Crippen molar-refractivity contribution in [2.45, 2.75) is 45.4 Å². The third kappa shape index (κ3) is 2.48. The van der Waals surface area contributed by atoms with Crippen molar-refractivity contribution < 1.29 is 0 Å². The number of aromatic nitrogens is 6. The number of anilines is 1. The van der Waals surface area contributed by atoms with E-state index in [4.69, 9.17) is 9.97 Å². The van der Waals surface area contributed by atoms with Crippen molar-refractivity contribution in [1.29, 1.82) is 0 Å². The van der Waals surface area contributed by atoms with Crippen LogP contribution in [-0.4, -0.2) is 42.6 Å². The molecule has 26 heavy (non-hydrogen) atoms. The van der Waals surface area contributed by atoms with Gasteiger partial charge < -0.3 is 4.90 Å². The van der Waals surface area contributed by atoms with Gasteiger partial charge in [-0.1, -0.05) is 0 Å². The Kier molecular flexibility index (Phi) is 3.51. The zero-order chi connectivity index (χ0) is 17.7. The summed E-state index contributed by atoms with van der Waals surface area (Å²) < 4.78 is 1.31. The molecule has 1 saturated heterocycles. The third-order valence-corrected chi connectivity index (χ3v) is 5.27. The molecule has 1 fully saturated rings. The molecule has 3 aromatic heterocycles. The Morgan fingerprint density at radius 1 is 1.00 bits per heavy atom. The standard InChI is InChI=1S/C18H21N7O/c1-11-16(20-13-7-3-2-6-12(13)19-11)14-10-15-21-17(24-8-4-5-9-24)22-18(26)25(15)23-14/h10H,2-9H2,1H3,(H,21,22,26). The molecule has 0 aromatic carbocycles. The van der Waals surface area contributed by atoms with Crippen LogP contribution in [-0.2, 0) is 12.8 Å². The van der Waals surface area contributed by atoms with Gasteiger partial charge in [-0.05, 0) is 45.4 Å². The number of fused-ring (bicyclic) bond motifs is 2. The van der Waals surface area contributed by atoms with Gasteiger partial charge in [-0.3, -0.25) is 9.97 Å². The largest absolute Gasteiger partial charge is 0.350 e. The van der Waals surface area contributed by atoms with Gasteiger partial charge in [0.25, 0.3) is 0 Å². The zero-order valence-electron chi connectivity index (χ0n) is 14.8. The second-order valence-corrected chi connectivity index (χ2v) is 7.12. The number of hydrogen-bond acceptors (Lipinski definition) is 6. The molecule has 1 N–H and O–H groups in total. The predicted octanol–water partition coefficient (Wildman–Crippen LogP) is 1.66. The molecule has 1 aliphatic carbocycles. The monoisotopic (exact) mass is 351 g/mol. The van der Waals surface area contributed by atoms with Crippen LogP contribution in [0.2, 0.25) is 0 Å². The number of nitrogens with one attached hydrogen (secondary N) is 1. The Balaban J connectivity index is 1.61. The van der Waals surface area contributed by atoms with Gasteiger partial charge in [0.2, 0.25) is 5.95 Å². The van der Waals surface area contributed by atoms with E-state index in [2.05, 4.69) is 20.0 Å². The molecule has 0 spiro atoms. The first-order valence-electron chi connectivity index (χ1n) is 9.31. The summed E-state index contributed by atoms with van der Waals surface area (Å²) in [7, 11) is 0. The van der Waals surface area contributed by atoms with E-state index >= 15 is 0 Å². The van der Waals surface area contributed by atoms with E-state index in [-0.39, 0.29) is 5.69 Å². The quantitative estimate of drug-likeness (QED) is 0.755. The molecule has 8 heteroatoms. The molecular formula is C18H21N7O. The summed E-state index contributed by atoms with van der Waals surface area (Å²) in [5.74, 6) is 0.625. The van der Waals surface area contributed by atoms with E-state index in [1.807, 2.05) is 13.0 Å². The van der Waals surface area contributed by atoms with Crippen LogP contribution in [0.5, 0.6) is 0 Å². The maximum absolute atomic E-state index is 12.5. The van der Waals surface area contributed by atoms with Gasteiger partial charge in [0.1, 0.15) is 11.4 Å². The minimum atomic E-state index is -0.272. The first kappa shape index (κ1) is 15.5. The summed E-state index contributed by atoms with van der Waals surface area (Å²) in [5.41, 5.74) is 4.70. The summed E-state index contributed by atoms with van der Waals surface area (Å²) >= 11 is 0. The smallest absolute Gasteiger partial charge is 0.342 e. The van der Waals surface area contributed by atoms with E-state index in [0.29, 0.717) is 17.3 Å². The lowest BCUT2D eigenvalue weighted by molar-refractivity contribution is 0.646. The number of rotatable bonds is 2. The van der Waals surface area contributed by atoms with Crippen LogP contribution in [0.15, 0.2) is 10.9 Å². The highest BCUT2D eigenvalue weighted by Gasteiger charge is 2.20. The molecule has 5 rings (SSSR count). The van der Waals surface area contributed by atoms with Gasteiger partial charge in [0, 0.05) is 19.2 Å². The normalized spacial score (nSPS) is 17.0. The molecule has 0 saturated carbocycles. The molecular weight excluding hydrogens is 330 g/mol. The Bertz CT molecular complexity index is 1050. The second-order valence-electron chi connectivity index (χ2n) is 7.12. The van der Waals surface area contributed by atoms with Crippen LogP contribution in [0, 0.1) is 6.92 Å². The summed E-state index contributed by atoms with van der Waals surface area (Å²) in [4.78, 5) is 31.6. The van der Waals surface area contributed by atoms with Crippen molar-refractivity contribution in [3.8, 4) is 11.4 Å². The van der Waals surface area contributed by atoms with E-state index in [0.717, 1.165) is 68.0 Å². The summed E-state index contributed by atoms with van der Waals surface area (Å²) in [6, 6.07) is 1.83. The zero-order valence-corrected chi connectivity index (χ0v) is 14.8. The fraction of sp³-hybridized carbons (Fsp3) is 0.500. The van der Waals surface area contributed by atoms with Gasteiger partial charge in [-0.2, -0.15) is 14.6 Å². The molecule has 0 unspecified atom stereocenters. The van der Waals surface area contributed by atoms with Crippen LogP contribution >= 0.6 is 0 Å². The summed E-state index contributed by atoms with van der Waals surface area (Å²) in [6.07, 6.45) is 6.53. The fourth-order valence-corrected chi connectivity index (χ4v) is 3.91. The summed E-state index contributed by atoms with van der Waals surface area (Å²) in [6.45, 7) is 3.81. The van der Waals surface area contributed by atoms with Gasteiger partial charge in [-0.15, -0.1) is 0 Å². The minimum absolute atomic E-state index is 0.272. The lowest BCUT2D eigenvalue weighted by Crippen LogP contribution is -2.27. The van der Waals surface area contributed by atoms with E-state index in [1.165, 1.54) is 10.9 Å². The molecule has 3 aromatic rings. The molecule has 0 bridgehead atoms. The first-order valence-corrected chi connectivity index (χ1v) is 9.31. The predicted molar refractivity (Wildman–Crippen MR) is 97.5 cm³/mol. The average Bonchev–Trinajstić information content (AvgIpc) is 3.31. The number of nitrogens with zero attached hydrogens (tertiary/aromatic N) is 6. The molecule has 0 amide bonds. The number of aryl methyl sites for hydroxylation is 3. The van der Waals surface area contributed by atoms with Crippen LogP contribution in [0.4, 0.5) is 5.95 Å². The van der Waals surface area contributed by atoms with Gasteiger partial charge >= 0.3 is 5.69 Å². The van der Waals surface area contributed by atoms with Crippen molar-refractivity contribution in [1.82, 2.24) is 29.5 Å². The Hall–Kier alpha value is -2.77. The van der Waals surface area contributed by atoms with Gasteiger partial charge in [0.05, 0.1) is 17.1 Å². The van der Waals surface area contributed by atoms with Crippen molar-refractivity contribution >= 4 is 11.6 Å². The van der Waals surface area contributed by atoms with Crippen molar-refractivity contribution in [3.63, 3.8) is 0 Å². The van der Waals surface area contributed by atoms with Gasteiger partial charge in [-0.25, -0.2) is 9.78 Å². The Morgan fingerprint density at radius 2 is 1.73 bits per heavy atom. The second kappa shape index (κ2) is 5.89. The molecule has 8 nitrogen and oxygen atoms in total. The topological polar surface area (TPSA) is 92.1 Å². The third-order valence-electron chi connectivity index (χ3n) is 5.27. The molecule has 4 heterocycles. The van der Waals surface area contributed by atoms with Crippen LogP contribution in [0.3, 0.4) is 0 Å². The molecule has 0 atom stereocenters. The van der Waals surface area contributed by atoms with Crippen molar-refractivity contribution in [3.05, 3.63) is 33.6 Å². The van der Waals surface area contributed by atoms with Crippen molar-refractivity contribution in [2.24, 2.45) is 0 Å².